The van der Waals surface area contributed by atoms with E-state index >= 15 is 0 Å². The molecule has 2 aromatic rings. The van der Waals surface area contributed by atoms with Gasteiger partial charge in [-0.1, -0.05) is 29.3 Å². The van der Waals surface area contributed by atoms with E-state index in [9.17, 15) is 21.6 Å². The molecule has 8 nitrogen and oxygen atoms in total. The monoisotopic (exact) mass is 523 g/mol. The maximum absolute atomic E-state index is 13.6. The highest BCUT2D eigenvalue weighted by Gasteiger charge is 2.31. The zero-order valence-corrected chi connectivity index (χ0v) is 20.5. The molecule has 2 rings (SSSR count). The van der Waals surface area contributed by atoms with Gasteiger partial charge in [-0.3, -0.25) is 13.7 Å². The minimum absolute atomic E-state index is 0.0203. The van der Waals surface area contributed by atoms with E-state index in [1.807, 2.05) is 0 Å². The first-order valence-electron chi connectivity index (χ1n) is 9.48. The lowest BCUT2D eigenvalue weighted by Gasteiger charge is -2.32. The molecule has 32 heavy (non-hydrogen) atoms. The topological polar surface area (TPSA) is 118 Å². The van der Waals surface area contributed by atoms with E-state index in [-0.39, 0.29) is 35.1 Å². The summed E-state index contributed by atoms with van der Waals surface area (Å²) in [6.07, 6.45) is 0.138. The fourth-order valence-corrected chi connectivity index (χ4v) is 5.58. The van der Waals surface area contributed by atoms with Crippen LogP contribution in [0.4, 0.5) is 5.69 Å². The summed E-state index contributed by atoms with van der Waals surface area (Å²) >= 11 is 12.0. The third-order valence-corrected chi connectivity index (χ3v) is 7.74. The smallest absolute Gasteiger partial charge is 0.302 e. The Hall–Kier alpha value is -1.85. The van der Waals surface area contributed by atoms with Crippen molar-refractivity contribution >= 4 is 55.0 Å². The first-order chi connectivity index (χ1) is 14.8. The molecule has 0 radical (unpaired) electrons. The summed E-state index contributed by atoms with van der Waals surface area (Å²) in [6, 6.07) is 9.38. The van der Waals surface area contributed by atoms with Gasteiger partial charge in [-0.2, -0.15) is 8.42 Å². The average molecular weight is 524 g/mol. The molecule has 0 fully saturated rings. The second kappa shape index (κ2) is 10.8. The molecule has 0 heterocycles. The van der Waals surface area contributed by atoms with Crippen LogP contribution in [0, 0.1) is 0 Å². The minimum Gasteiger partial charge on any atom is -0.461 e. The first-order valence-corrected chi connectivity index (χ1v) is 13.3. The standard InChI is InChI=1S/C20H23Cl2NO7S2/c1-14(4-3-11-31(25,26)27)23(32(28,29)19-9-7-17(21)8-10-19)20-12-18(22)6-5-16(20)13-30-15(2)24/h5-10,12,14H,3-4,11,13H2,1-2H3,(H,25,26,27)/t14-/m1/s1. The Morgan fingerprint density at radius 3 is 2.22 bits per heavy atom. The van der Waals surface area contributed by atoms with Gasteiger partial charge >= 0.3 is 5.97 Å². The van der Waals surface area contributed by atoms with Gasteiger partial charge in [-0.25, -0.2) is 8.42 Å². The Bertz CT molecular complexity index is 1170. The van der Waals surface area contributed by atoms with Crippen molar-refractivity contribution in [2.45, 2.75) is 44.2 Å². The molecule has 0 amide bonds. The maximum atomic E-state index is 13.6. The van der Waals surface area contributed by atoms with E-state index in [1.165, 1.54) is 37.3 Å². The number of carbonyl (C=O) groups excluding carboxylic acids is 1. The molecule has 0 saturated heterocycles. The highest BCUT2D eigenvalue weighted by atomic mass is 35.5. The van der Waals surface area contributed by atoms with Crippen molar-refractivity contribution in [2.75, 3.05) is 10.1 Å². The number of anilines is 1. The molecule has 0 aromatic heterocycles. The van der Waals surface area contributed by atoms with Gasteiger partial charge in [-0.15, -0.1) is 0 Å². The highest BCUT2D eigenvalue weighted by Crippen LogP contribution is 2.33. The third kappa shape index (κ3) is 7.35. The van der Waals surface area contributed by atoms with Crippen molar-refractivity contribution in [3.63, 3.8) is 0 Å². The SMILES string of the molecule is CC(=O)OCc1ccc(Cl)cc1N([C@H](C)CCCS(=O)(=O)O)S(=O)(=O)c1ccc(Cl)cc1. The summed E-state index contributed by atoms with van der Waals surface area (Å²) in [5.41, 5.74) is 0.580. The van der Waals surface area contributed by atoms with Crippen molar-refractivity contribution < 1.29 is 30.9 Å². The van der Waals surface area contributed by atoms with Crippen molar-refractivity contribution in [1.82, 2.24) is 0 Å². The van der Waals surface area contributed by atoms with E-state index in [4.69, 9.17) is 32.5 Å². The summed E-state index contributed by atoms with van der Waals surface area (Å²) in [6.45, 7) is 2.65. The fourth-order valence-electron chi connectivity index (χ4n) is 3.05. The van der Waals surface area contributed by atoms with Crippen molar-refractivity contribution in [3.8, 4) is 0 Å². The molecule has 0 bridgehead atoms. The Kier molecular flexibility index (Phi) is 8.95. The first kappa shape index (κ1) is 26.4. The quantitative estimate of drug-likeness (QED) is 0.364. The number of nitrogens with zero attached hydrogens (tertiary/aromatic N) is 1. The molecule has 0 saturated carbocycles. The summed E-state index contributed by atoms with van der Waals surface area (Å²) < 4.78 is 64.6. The van der Waals surface area contributed by atoms with Gasteiger partial charge in [0.2, 0.25) is 0 Å². The number of benzene rings is 2. The Morgan fingerprint density at radius 2 is 1.66 bits per heavy atom. The van der Waals surface area contributed by atoms with Crippen LogP contribution in [0.1, 0.15) is 32.3 Å². The van der Waals surface area contributed by atoms with Gasteiger partial charge in [-0.05, 0) is 56.2 Å². The molecule has 0 aliphatic carbocycles. The lowest BCUT2D eigenvalue weighted by Crippen LogP contribution is -2.39. The third-order valence-electron chi connectivity index (χ3n) is 4.51. The van der Waals surface area contributed by atoms with Crippen LogP contribution in [-0.4, -0.2) is 39.2 Å². The zero-order chi connectivity index (χ0) is 24.1. The molecule has 1 atom stereocenters. The molecule has 176 valence electrons. The van der Waals surface area contributed by atoms with Gasteiger partial charge in [0.1, 0.15) is 6.61 Å². The number of rotatable bonds is 10. The number of ether oxygens (including phenoxy) is 1. The zero-order valence-electron chi connectivity index (χ0n) is 17.4. The van der Waals surface area contributed by atoms with Crippen LogP contribution < -0.4 is 4.31 Å². The van der Waals surface area contributed by atoms with E-state index in [0.717, 1.165) is 4.31 Å². The minimum atomic E-state index is -4.20. The largest absolute Gasteiger partial charge is 0.461 e. The number of esters is 1. The van der Waals surface area contributed by atoms with Crippen LogP contribution in [0.3, 0.4) is 0 Å². The van der Waals surface area contributed by atoms with Crippen LogP contribution in [0.5, 0.6) is 0 Å². The highest BCUT2D eigenvalue weighted by molar-refractivity contribution is 7.92. The van der Waals surface area contributed by atoms with Gasteiger partial charge in [0, 0.05) is 28.6 Å². The molecule has 2 aromatic carbocycles. The lowest BCUT2D eigenvalue weighted by atomic mass is 10.1. The molecule has 0 aliphatic rings. The second-order valence-corrected chi connectivity index (χ2v) is 11.3. The molecule has 1 N–H and O–H groups in total. The fraction of sp³-hybridized carbons (Fsp3) is 0.350. The molecule has 12 heteroatoms. The van der Waals surface area contributed by atoms with Gasteiger partial charge < -0.3 is 4.74 Å². The van der Waals surface area contributed by atoms with Crippen LogP contribution in [0.25, 0.3) is 0 Å². The Morgan fingerprint density at radius 1 is 1.06 bits per heavy atom. The van der Waals surface area contributed by atoms with Crippen LogP contribution >= 0.6 is 23.2 Å². The molecule has 0 unspecified atom stereocenters. The molecule has 0 aliphatic heterocycles. The predicted octanol–water partition coefficient (Wildman–Crippen LogP) is 4.31. The summed E-state index contributed by atoms with van der Waals surface area (Å²) in [5.74, 6) is -1.05. The number of carbonyl (C=O) groups is 1. The predicted molar refractivity (Wildman–Crippen MR) is 123 cm³/mol. The van der Waals surface area contributed by atoms with E-state index in [0.29, 0.717) is 10.6 Å². The number of halogens is 2. The van der Waals surface area contributed by atoms with Gasteiger partial charge in [0.25, 0.3) is 20.1 Å². The molecular weight excluding hydrogens is 501 g/mol. The summed E-state index contributed by atoms with van der Waals surface area (Å²) in [5, 5.41) is 0.614. The number of hydrogen-bond donors (Lipinski definition) is 1. The van der Waals surface area contributed by atoms with Gasteiger partial charge in [0.15, 0.2) is 0 Å². The van der Waals surface area contributed by atoms with Crippen molar-refractivity contribution in [3.05, 3.63) is 58.1 Å². The lowest BCUT2D eigenvalue weighted by molar-refractivity contribution is -0.142. The van der Waals surface area contributed by atoms with E-state index < -0.39 is 37.9 Å². The summed E-state index contributed by atoms with van der Waals surface area (Å²) in [4.78, 5) is 11.3. The Balaban J connectivity index is 2.57. The van der Waals surface area contributed by atoms with Crippen LogP contribution in [0.2, 0.25) is 10.0 Å². The Labute approximate surface area is 197 Å². The van der Waals surface area contributed by atoms with Crippen molar-refractivity contribution in [2.24, 2.45) is 0 Å². The maximum Gasteiger partial charge on any atom is 0.302 e. The normalized spacial score (nSPS) is 12.9. The van der Waals surface area contributed by atoms with Crippen LogP contribution in [0.15, 0.2) is 47.4 Å². The van der Waals surface area contributed by atoms with E-state index in [1.54, 1.807) is 19.1 Å². The number of sulfonamides is 1. The number of hydrogen-bond acceptors (Lipinski definition) is 6. The average Bonchev–Trinajstić information content (AvgIpc) is 2.66. The van der Waals surface area contributed by atoms with E-state index in [2.05, 4.69) is 0 Å². The van der Waals surface area contributed by atoms with Gasteiger partial charge in [0.05, 0.1) is 16.3 Å². The second-order valence-electron chi connectivity index (χ2n) is 7.09. The molecular formula is C20H23Cl2NO7S2. The van der Waals surface area contributed by atoms with Crippen LogP contribution in [-0.2, 0) is 36.3 Å². The van der Waals surface area contributed by atoms with Crippen molar-refractivity contribution in [1.29, 1.82) is 0 Å². The molecule has 0 spiro atoms. The summed E-state index contributed by atoms with van der Waals surface area (Å²) in [7, 11) is -8.35.